The Labute approximate surface area is 126 Å². The lowest BCUT2D eigenvalue weighted by Gasteiger charge is -2.42. The van der Waals surface area contributed by atoms with Crippen LogP contribution in [0.4, 0.5) is 0 Å². The van der Waals surface area contributed by atoms with Crippen LogP contribution in [0, 0.1) is 17.3 Å². The molecule has 1 aliphatic carbocycles. The molecule has 1 aliphatic heterocycles. The number of nitrogens with zero attached hydrogens (tertiary/aromatic N) is 1. The van der Waals surface area contributed by atoms with Gasteiger partial charge < -0.3 is 10.2 Å². The van der Waals surface area contributed by atoms with Crippen molar-refractivity contribution in [3.05, 3.63) is 0 Å². The van der Waals surface area contributed by atoms with Crippen molar-refractivity contribution >= 4 is 0 Å². The smallest absolute Gasteiger partial charge is 0.0128 e. The molecule has 0 spiro atoms. The third-order valence-electron chi connectivity index (χ3n) is 5.61. The average Bonchev–Trinajstić information content (AvgIpc) is 2.42. The average molecular weight is 280 g/mol. The van der Waals surface area contributed by atoms with Gasteiger partial charge in [-0.15, -0.1) is 0 Å². The van der Waals surface area contributed by atoms with Gasteiger partial charge in [-0.05, 0) is 56.1 Å². The first kappa shape index (κ1) is 16.3. The van der Waals surface area contributed by atoms with E-state index in [0.717, 1.165) is 18.4 Å². The van der Waals surface area contributed by atoms with Gasteiger partial charge in [-0.1, -0.05) is 47.0 Å². The maximum atomic E-state index is 3.69. The number of likely N-dealkylation sites (tertiary alicyclic amines) is 1. The summed E-state index contributed by atoms with van der Waals surface area (Å²) in [7, 11) is 0. The summed E-state index contributed by atoms with van der Waals surface area (Å²) in [5.41, 5.74) is 0.374. The molecule has 2 nitrogen and oxygen atoms in total. The molecule has 1 saturated heterocycles. The van der Waals surface area contributed by atoms with E-state index in [1.54, 1.807) is 0 Å². The Morgan fingerprint density at radius 1 is 1.10 bits per heavy atom. The van der Waals surface area contributed by atoms with Crippen molar-refractivity contribution in [2.24, 2.45) is 17.3 Å². The largest absolute Gasteiger partial charge is 0.314 e. The number of nitrogens with one attached hydrogen (secondary N) is 1. The maximum absolute atomic E-state index is 3.69. The first-order chi connectivity index (χ1) is 9.50. The second-order valence-electron chi connectivity index (χ2n) is 8.16. The molecule has 0 aromatic rings. The molecule has 0 amide bonds. The normalized spacial score (nSPS) is 30.0. The summed E-state index contributed by atoms with van der Waals surface area (Å²) in [5.74, 6) is 2.08. The van der Waals surface area contributed by atoms with Gasteiger partial charge in [-0.3, -0.25) is 0 Å². The molecule has 1 saturated carbocycles. The second kappa shape index (κ2) is 7.26. The Morgan fingerprint density at radius 2 is 1.80 bits per heavy atom. The van der Waals surface area contributed by atoms with Gasteiger partial charge in [-0.25, -0.2) is 0 Å². The lowest BCUT2D eigenvalue weighted by molar-refractivity contribution is 0.0797. The molecule has 3 atom stereocenters. The number of fused-ring (bicyclic) bond motifs is 1. The van der Waals surface area contributed by atoms with E-state index in [0.29, 0.717) is 11.5 Å². The summed E-state index contributed by atoms with van der Waals surface area (Å²) >= 11 is 0. The Morgan fingerprint density at radius 3 is 2.45 bits per heavy atom. The molecule has 2 fully saturated rings. The highest BCUT2D eigenvalue weighted by Crippen LogP contribution is 2.36. The first-order valence-electron chi connectivity index (χ1n) is 8.96. The SMILES string of the molecule is CCNC(CCN1CCC2CCCCC2C1)C(C)(C)C. The van der Waals surface area contributed by atoms with Gasteiger partial charge in [-0.2, -0.15) is 0 Å². The van der Waals surface area contributed by atoms with Crippen molar-refractivity contribution in [1.82, 2.24) is 10.2 Å². The molecule has 0 aromatic heterocycles. The van der Waals surface area contributed by atoms with Crippen molar-refractivity contribution in [2.45, 2.75) is 72.3 Å². The summed E-state index contributed by atoms with van der Waals surface area (Å²) in [6.07, 6.45) is 8.75. The standard InChI is InChI=1S/C18H36N2/c1-5-19-17(18(2,3)4)11-13-20-12-10-15-8-6-7-9-16(15)14-20/h15-17,19H,5-14H2,1-4H3. The van der Waals surface area contributed by atoms with Crippen LogP contribution in [-0.4, -0.2) is 37.1 Å². The molecule has 2 aliphatic rings. The van der Waals surface area contributed by atoms with Crippen LogP contribution in [0.3, 0.4) is 0 Å². The van der Waals surface area contributed by atoms with Crippen molar-refractivity contribution in [3.63, 3.8) is 0 Å². The molecule has 0 aromatic carbocycles. The van der Waals surface area contributed by atoms with E-state index in [1.807, 2.05) is 0 Å². The highest BCUT2D eigenvalue weighted by Gasteiger charge is 2.31. The maximum Gasteiger partial charge on any atom is 0.0128 e. The second-order valence-corrected chi connectivity index (χ2v) is 8.16. The van der Waals surface area contributed by atoms with Gasteiger partial charge in [0.15, 0.2) is 0 Å². The molecule has 3 unspecified atom stereocenters. The fourth-order valence-corrected chi connectivity index (χ4v) is 4.28. The van der Waals surface area contributed by atoms with Crippen LogP contribution in [0.5, 0.6) is 0 Å². The minimum atomic E-state index is 0.374. The Kier molecular flexibility index (Phi) is 5.92. The summed E-state index contributed by atoms with van der Waals surface area (Å²) in [4.78, 5) is 2.75. The summed E-state index contributed by atoms with van der Waals surface area (Å²) in [5, 5.41) is 3.69. The molecule has 2 heteroatoms. The number of hydrogen-bond donors (Lipinski definition) is 1. The van der Waals surface area contributed by atoms with Crippen LogP contribution in [0.1, 0.15) is 66.2 Å². The Bertz CT molecular complexity index is 282. The molecular weight excluding hydrogens is 244 g/mol. The van der Waals surface area contributed by atoms with Gasteiger partial charge in [0.05, 0.1) is 0 Å². The topological polar surface area (TPSA) is 15.3 Å². The van der Waals surface area contributed by atoms with Gasteiger partial charge in [0.1, 0.15) is 0 Å². The van der Waals surface area contributed by atoms with E-state index in [2.05, 4.69) is 37.9 Å². The molecule has 1 heterocycles. The first-order valence-corrected chi connectivity index (χ1v) is 8.96. The highest BCUT2D eigenvalue weighted by atomic mass is 15.1. The summed E-state index contributed by atoms with van der Waals surface area (Å²) in [6, 6.07) is 0.650. The van der Waals surface area contributed by atoms with Crippen LogP contribution in [0.25, 0.3) is 0 Å². The predicted molar refractivity (Wildman–Crippen MR) is 88.0 cm³/mol. The van der Waals surface area contributed by atoms with Gasteiger partial charge >= 0.3 is 0 Å². The molecule has 1 N–H and O–H groups in total. The van der Waals surface area contributed by atoms with E-state index < -0.39 is 0 Å². The molecule has 118 valence electrons. The van der Waals surface area contributed by atoms with Crippen LogP contribution in [-0.2, 0) is 0 Å². The van der Waals surface area contributed by atoms with E-state index in [9.17, 15) is 0 Å². The number of piperidine rings is 1. The fraction of sp³-hybridized carbons (Fsp3) is 1.00. The summed E-state index contributed by atoms with van der Waals surface area (Å²) in [6.45, 7) is 14.4. The molecule has 0 bridgehead atoms. The number of hydrogen-bond acceptors (Lipinski definition) is 2. The zero-order valence-corrected chi connectivity index (χ0v) is 14.3. The fourth-order valence-electron chi connectivity index (χ4n) is 4.28. The minimum absolute atomic E-state index is 0.374. The van der Waals surface area contributed by atoms with Crippen molar-refractivity contribution in [3.8, 4) is 0 Å². The summed E-state index contributed by atoms with van der Waals surface area (Å²) < 4.78 is 0. The molecular formula is C18H36N2. The molecule has 2 rings (SSSR count). The van der Waals surface area contributed by atoms with Crippen LogP contribution >= 0.6 is 0 Å². The molecule has 0 radical (unpaired) electrons. The van der Waals surface area contributed by atoms with Crippen molar-refractivity contribution in [2.75, 3.05) is 26.2 Å². The monoisotopic (exact) mass is 280 g/mol. The number of rotatable bonds is 5. The van der Waals surface area contributed by atoms with E-state index in [4.69, 9.17) is 0 Å². The quantitative estimate of drug-likeness (QED) is 0.821. The van der Waals surface area contributed by atoms with Crippen molar-refractivity contribution < 1.29 is 0 Å². The third kappa shape index (κ3) is 4.46. The minimum Gasteiger partial charge on any atom is -0.314 e. The highest BCUT2D eigenvalue weighted by molar-refractivity contribution is 4.86. The lowest BCUT2D eigenvalue weighted by atomic mass is 9.75. The Balaban J connectivity index is 1.78. The zero-order chi connectivity index (χ0) is 14.6. The zero-order valence-electron chi connectivity index (χ0n) is 14.3. The van der Waals surface area contributed by atoms with E-state index in [-0.39, 0.29) is 0 Å². The third-order valence-corrected chi connectivity index (χ3v) is 5.61. The predicted octanol–water partition coefficient (Wildman–Crippen LogP) is 3.91. The van der Waals surface area contributed by atoms with Crippen LogP contribution in [0.15, 0.2) is 0 Å². The van der Waals surface area contributed by atoms with Crippen molar-refractivity contribution in [1.29, 1.82) is 0 Å². The lowest BCUT2D eigenvalue weighted by Crippen LogP contribution is -2.46. The van der Waals surface area contributed by atoms with Gasteiger partial charge in [0, 0.05) is 12.6 Å². The van der Waals surface area contributed by atoms with Crippen LogP contribution in [0.2, 0.25) is 0 Å². The van der Waals surface area contributed by atoms with Gasteiger partial charge in [0.2, 0.25) is 0 Å². The van der Waals surface area contributed by atoms with Gasteiger partial charge in [0.25, 0.3) is 0 Å². The van der Waals surface area contributed by atoms with E-state index in [1.165, 1.54) is 58.2 Å². The molecule has 20 heavy (non-hydrogen) atoms. The van der Waals surface area contributed by atoms with E-state index >= 15 is 0 Å². The van der Waals surface area contributed by atoms with Crippen LogP contribution < -0.4 is 5.32 Å². The Hall–Kier alpha value is -0.0800.